The van der Waals surface area contributed by atoms with Crippen LogP contribution in [-0.2, 0) is 14.3 Å². The first kappa shape index (κ1) is 15.9. The Morgan fingerprint density at radius 2 is 1.91 bits per heavy atom. The van der Waals surface area contributed by atoms with E-state index in [2.05, 4.69) is 14.8 Å². The Morgan fingerprint density at radius 3 is 2.45 bits per heavy atom. The third-order valence-electron chi connectivity index (χ3n) is 2.70. The Morgan fingerprint density at radius 1 is 1.27 bits per heavy atom. The van der Waals surface area contributed by atoms with Gasteiger partial charge in [-0.2, -0.15) is 0 Å². The lowest BCUT2D eigenvalue weighted by Gasteiger charge is -2.11. The van der Waals surface area contributed by atoms with Gasteiger partial charge in [0.15, 0.2) is 6.61 Å². The number of hydrogen-bond acceptors (Lipinski definition) is 5. The summed E-state index contributed by atoms with van der Waals surface area (Å²) in [6, 6.07) is 3.92. The van der Waals surface area contributed by atoms with Crippen molar-refractivity contribution in [2.24, 2.45) is 0 Å². The second-order valence-electron chi connectivity index (χ2n) is 4.38. The van der Waals surface area contributed by atoms with Crippen molar-refractivity contribution in [3.8, 4) is 11.5 Å². The summed E-state index contributed by atoms with van der Waals surface area (Å²) in [5.74, 6) is -1.22. The molecule has 1 heterocycles. The quantitative estimate of drug-likeness (QED) is 0.831. The Hall–Kier alpha value is -2.45. The maximum atomic E-state index is 12.0. The minimum atomic E-state index is -4.77. The fraction of sp³-hybridized carbons (Fsp3) is 0.385. The second kappa shape index (κ2) is 6.54. The summed E-state index contributed by atoms with van der Waals surface area (Å²) in [7, 11) is 0. The number of carbonyl (C=O) groups is 2. The number of carbonyl (C=O) groups excluding carboxylic acids is 2. The minimum absolute atomic E-state index is 0.193. The summed E-state index contributed by atoms with van der Waals surface area (Å²) < 4.78 is 49.4. The molecule has 0 bridgehead atoms. The van der Waals surface area contributed by atoms with Crippen LogP contribution in [0.25, 0.3) is 0 Å². The third-order valence-corrected chi connectivity index (χ3v) is 2.70. The van der Waals surface area contributed by atoms with Crippen molar-refractivity contribution in [3.05, 3.63) is 24.3 Å². The number of cyclic esters (lactones) is 1. The van der Waals surface area contributed by atoms with Gasteiger partial charge < -0.3 is 19.5 Å². The highest BCUT2D eigenvalue weighted by molar-refractivity contribution is 5.86. The van der Waals surface area contributed by atoms with Gasteiger partial charge in [-0.1, -0.05) is 0 Å². The number of benzene rings is 1. The van der Waals surface area contributed by atoms with Crippen molar-refractivity contribution in [1.29, 1.82) is 0 Å². The van der Waals surface area contributed by atoms with E-state index in [-0.39, 0.29) is 19.0 Å². The van der Waals surface area contributed by atoms with Crippen LogP contribution in [0.5, 0.6) is 11.5 Å². The monoisotopic (exact) mass is 319 g/mol. The predicted molar refractivity (Wildman–Crippen MR) is 66.1 cm³/mol. The van der Waals surface area contributed by atoms with E-state index in [4.69, 9.17) is 4.74 Å². The molecule has 1 saturated heterocycles. The molecular weight excluding hydrogens is 307 g/mol. The van der Waals surface area contributed by atoms with Crippen molar-refractivity contribution in [3.63, 3.8) is 0 Å². The molecule has 1 atom stereocenters. The zero-order valence-electron chi connectivity index (χ0n) is 11.2. The summed E-state index contributed by atoms with van der Waals surface area (Å²) in [5, 5.41) is 2.43. The minimum Gasteiger partial charge on any atom is -0.484 e. The summed E-state index contributed by atoms with van der Waals surface area (Å²) in [6.07, 6.45) is -4.37. The van der Waals surface area contributed by atoms with E-state index in [9.17, 15) is 22.8 Å². The molecule has 1 aromatic rings. The van der Waals surface area contributed by atoms with Crippen molar-refractivity contribution in [2.75, 3.05) is 13.2 Å². The lowest BCUT2D eigenvalue weighted by molar-refractivity contribution is -0.274. The maximum absolute atomic E-state index is 12.0. The first-order valence-corrected chi connectivity index (χ1v) is 6.28. The van der Waals surface area contributed by atoms with E-state index in [0.29, 0.717) is 6.42 Å². The van der Waals surface area contributed by atoms with Crippen molar-refractivity contribution < 1.29 is 37.0 Å². The highest BCUT2D eigenvalue weighted by atomic mass is 19.4. The van der Waals surface area contributed by atoms with Crippen LogP contribution in [0.4, 0.5) is 13.2 Å². The molecule has 0 aromatic heterocycles. The molecule has 0 aliphatic carbocycles. The first-order valence-electron chi connectivity index (χ1n) is 6.28. The van der Waals surface area contributed by atoms with Gasteiger partial charge in [-0.05, 0) is 24.3 Å². The maximum Gasteiger partial charge on any atom is 0.573 e. The van der Waals surface area contributed by atoms with E-state index >= 15 is 0 Å². The van der Waals surface area contributed by atoms with E-state index < -0.39 is 30.0 Å². The molecular formula is C13H12F3NO5. The van der Waals surface area contributed by atoms with Crippen LogP contribution in [0.15, 0.2) is 24.3 Å². The number of hydrogen-bond donors (Lipinski definition) is 1. The number of alkyl halides is 3. The Bertz CT molecular complexity index is 544. The molecule has 1 aliphatic rings. The number of ether oxygens (including phenoxy) is 3. The van der Waals surface area contributed by atoms with Crippen molar-refractivity contribution >= 4 is 11.9 Å². The van der Waals surface area contributed by atoms with E-state index in [1.807, 2.05) is 0 Å². The molecule has 1 aromatic carbocycles. The zero-order valence-corrected chi connectivity index (χ0v) is 11.2. The van der Waals surface area contributed by atoms with Crippen molar-refractivity contribution in [1.82, 2.24) is 5.32 Å². The molecule has 120 valence electrons. The fourth-order valence-corrected chi connectivity index (χ4v) is 1.75. The standard InChI is InChI=1S/C13H12F3NO5/c14-13(15,16)22-9-3-1-8(2-4-9)21-7-11(18)17-10-5-6-20-12(10)19/h1-4,10H,5-7H2,(H,17,18). The summed E-state index contributed by atoms with van der Waals surface area (Å²) in [5.41, 5.74) is 0. The van der Waals surface area contributed by atoms with Crippen LogP contribution in [0.1, 0.15) is 6.42 Å². The lowest BCUT2D eigenvalue weighted by atomic mass is 10.2. The molecule has 9 heteroatoms. The normalized spacial score (nSPS) is 17.8. The molecule has 0 spiro atoms. The number of nitrogens with one attached hydrogen (secondary N) is 1. The number of halogens is 3. The number of esters is 1. The smallest absolute Gasteiger partial charge is 0.484 e. The van der Waals surface area contributed by atoms with Crippen LogP contribution in [0.3, 0.4) is 0 Å². The van der Waals surface area contributed by atoms with Gasteiger partial charge in [0.05, 0.1) is 6.61 Å². The third kappa shape index (κ3) is 4.83. The van der Waals surface area contributed by atoms with Crippen molar-refractivity contribution in [2.45, 2.75) is 18.8 Å². The SMILES string of the molecule is O=C(COc1ccc(OC(F)(F)F)cc1)NC1CCOC1=O. The topological polar surface area (TPSA) is 73.9 Å². The van der Waals surface area contributed by atoms with Crippen LogP contribution in [-0.4, -0.2) is 37.5 Å². The summed E-state index contributed by atoms with van der Waals surface area (Å²) >= 11 is 0. The molecule has 1 aliphatic heterocycles. The average Bonchev–Trinajstić information content (AvgIpc) is 2.82. The lowest BCUT2D eigenvalue weighted by Crippen LogP contribution is -2.40. The summed E-state index contributed by atoms with van der Waals surface area (Å²) in [4.78, 5) is 22.7. The molecule has 6 nitrogen and oxygen atoms in total. The Labute approximate surface area is 123 Å². The molecule has 22 heavy (non-hydrogen) atoms. The Kier molecular flexibility index (Phi) is 4.74. The Balaban J connectivity index is 1.79. The van der Waals surface area contributed by atoms with Gasteiger partial charge >= 0.3 is 12.3 Å². The van der Waals surface area contributed by atoms with Gasteiger partial charge in [0.1, 0.15) is 17.5 Å². The molecule has 1 unspecified atom stereocenters. The predicted octanol–water partition coefficient (Wildman–Crippen LogP) is 1.40. The van der Waals surface area contributed by atoms with Crippen LogP contribution < -0.4 is 14.8 Å². The largest absolute Gasteiger partial charge is 0.573 e. The van der Waals surface area contributed by atoms with Crippen LogP contribution in [0.2, 0.25) is 0 Å². The summed E-state index contributed by atoms with van der Waals surface area (Å²) in [6.45, 7) is -0.117. The van der Waals surface area contributed by atoms with Gasteiger partial charge in [-0.25, -0.2) is 4.79 Å². The highest BCUT2D eigenvalue weighted by Gasteiger charge is 2.31. The fourth-order valence-electron chi connectivity index (χ4n) is 1.75. The van der Waals surface area contributed by atoms with E-state index in [1.54, 1.807) is 0 Å². The second-order valence-corrected chi connectivity index (χ2v) is 4.38. The zero-order chi connectivity index (χ0) is 16.2. The van der Waals surface area contributed by atoms with E-state index in [0.717, 1.165) is 12.1 Å². The average molecular weight is 319 g/mol. The van der Waals surface area contributed by atoms with Gasteiger partial charge in [0.25, 0.3) is 5.91 Å². The molecule has 2 rings (SSSR count). The molecule has 0 radical (unpaired) electrons. The molecule has 1 N–H and O–H groups in total. The molecule has 1 fully saturated rings. The molecule has 0 saturated carbocycles. The number of amides is 1. The first-order chi connectivity index (χ1) is 10.3. The van der Waals surface area contributed by atoms with E-state index in [1.165, 1.54) is 12.1 Å². The van der Waals surface area contributed by atoms with Gasteiger partial charge in [-0.15, -0.1) is 13.2 Å². The van der Waals surface area contributed by atoms with Crippen LogP contribution in [0, 0.1) is 0 Å². The van der Waals surface area contributed by atoms with Gasteiger partial charge in [0, 0.05) is 6.42 Å². The number of rotatable bonds is 5. The van der Waals surface area contributed by atoms with Gasteiger partial charge in [0.2, 0.25) is 0 Å². The molecule has 1 amide bonds. The van der Waals surface area contributed by atoms with Gasteiger partial charge in [-0.3, -0.25) is 4.79 Å². The van der Waals surface area contributed by atoms with Crippen LogP contribution >= 0.6 is 0 Å². The highest BCUT2D eigenvalue weighted by Crippen LogP contribution is 2.24.